The molecule has 7 aromatic rings. The largest absolute Gasteiger partial charge is 0.308 e. The molecule has 3 nitrogen and oxygen atoms in total. The van der Waals surface area contributed by atoms with Crippen molar-refractivity contribution in [2.75, 3.05) is 0 Å². The van der Waals surface area contributed by atoms with Crippen LogP contribution in [0.3, 0.4) is 0 Å². The molecule has 0 aliphatic carbocycles. The minimum absolute atomic E-state index is 0.400. The van der Waals surface area contributed by atoms with Gasteiger partial charge in [-0.15, -0.1) is 0 Å². The second-order valence-corrected chi connectivity index (χ2v) is 10.9. The van der Waals surface area contributed by atoms with E-state index in [1.807, 2.05) is 48.5 Å². The number of fused-ring (bicyclic) bond motifs is 1. The molecule has 0 amide bonds. The van der Waals surface area contributed by atoms with Crippen LogP contribution < -0.4 is 0 Å². The lowest BCUT2D eigenvalue weighted by Crippen LogP contribution is -1.99. The normalized spacial score (nSPS) is 11.0. The van der Waals surface area contributed by atoms with Gasteiger partial charge in [-0.25, -0.2) is 4.98 Å². The van der Waals surface area contributed by atoms with Crippen LogP contribution in [0, 0.1) is 11.3 Å². The van der Waals surface area contributed by atoms with E-state index in [4.69, 9.17) is 4.98 Å². The predicted octanol–water partition coefficient (Wildman–Crippen LogP) is 10.3. The van der Waals surface area contributed by atoms with Gasteiger partial charge in [0.1, 0.15) is 11.8 Å². The zero-order valence-electron chi connectivity index (χ0n) is 22.6. The van der Waals surface area contributed by atoms with Gasteiger partial charge >= 0.3 is 0 Å². The molecular formula is C38H24BrN3. The van der Waals surface area contributed by atoms with E-state index in [2.05, 4.69) is 124 Å². The fraction of sp³-hybridized carbons (Fsp3) is 0. The molecule has 198 valence electrons. The van der Waals surface area contributed by atoms with E-state index in [1.54, 1.807) is 0 Å². The van der Waals surface area contributed by atoms with Crippen molar-refractivity contribution in [3.8, 4) is 56.7 Å². The highest BCUT2D eigenvalue weighted by Crippen LogP contribution is 2.49. The lowest BCUT2D eigenvalue weighted by molar-refractivity contribution is 1.10. The zero-order chi connectivity index (χ0) is 28.5. The summed E-state index contributed by atoms with van der Waals surface area (Å²) < 4.78 is 3.35. The number of hydrogen-bond acceptors (Lipinski definition) is 2. The third-order valence-corrected chi connectivity index (χ3v) is 8.04. The topological polar surface area (TPSA) is 41.6 Å². The first-order valence-corrected chi connectivity index (χ1v) is 14.5. The Morgan fingerprint density at radius 2 is 0.976 bits per heavy atom. The minimum atomic E-state index is 0.400. The first kappa shape index (κ1) is 25.7. The van der Waals surface area contributed by atoms with Crippen LogP contribution >= 0.6 is 15.9 Å². The summed E-state index contributed by atoms with van der Waals surface area (Å²) in [5.41, 5.74) is 9.12. The number of aromatic nitrogens is 2. The van der Waals surface area contributed by atoms with Crippen molar-refractivity contribution >= 4 is 26.7 Å². The van der Waals surface area contributed by atoms with Crippen molar-refractivity contribution in [2.24, 2.45) is 0 Å². The molecule has 0 saturated heterocycles. The molecule has 0 spiro atoms. The molecule has 2 aromatic heterocycles. The van der Waals surface area contributed by atoms with Gasteiger partial charge in [-0.05, 0) is 41.0 Å². The highest BCUT2D eigenvalue weighted by molar-refractivity contribution is 9.10. The summed E-state index contributed by atoms with van der Waals surface area (Å²) in [5, 5.41) is 12.6. The first-order chi connectivity index (χ1) is 20.7. The molecule has 0 N–H and O–H groups in total. The van der Waals surface area contributed by atoms with Crippen LogP contribution in [0.5, 0.6) is 0 Å². The molecule has 7 rings (SSSR count). The average molecular weight is 603 g/mol. The summed E-state index contributed by atoms with van der Waals surface area (Å²) in [4.78, 5) is 5.13. The van der Waals surface area contributed by atoms with Crippen molar-refractivity contribution in [3.63, 3.8) is 0 Å². The van der Waals surface area contributed by atoms with E-state index in [-0.39, 0.29) is 0 Å². The SMILES string of the molecule is N#Cc1nc(-c2ccccc2)c2c(-c3ccccc3)n(-c3ccc(Br)cc3)c(-c3ccccc3)c2c1-c1ccccc1. The number of halogens is 1. The van der Waals surface area contributed by atoms with Crippen LogP contribution in [0.15, 0.2) is 150 Å². The van der Waals surface area contributed by atoms with Gasteiger partial charge in [-0.2, -0.15) is 5.26 Å². The molecule has 5 aromatic carbocycles. The van der Waals surface area contributed by atoms with Crippen LogP contribution in [-0.2, 0) is 0 Å². The minimum Gasteiger partial charge on any atom is -0.308 e. The van der Waals surface area contributed by atoms with Gasteiger partial charge in [-0.1, -0.05) is 137 Å². The Morgan fingerprint density at radius 1 is 0.524 bits per heavy atom. The van der Waals surface area contributed by atoms with Crippen molar-refractivity contribution < 1.29 is 0 Å². The Kier molecular flexibility index (Phi) is 6.71. The third-order valence-electron chi connectivity index (χ3n) is 7.51. The lowest BCUT2D eigenvalue weighted by atomic mass is 9.92. The number of rotatable bonds is 5. The first-order valence-electron chi connectivity index (χ1n) is 13.7. The van der Waals surface area contributed by atoms with Crippen LogP contribution in [0.4, 0.5) is 0 Å². The average Bonchev–Trinajstić information content (AvgIpc) is 3.42. The van der Waals surface area contributed by atoms with Crippen molar-refractivity contribution in [1.29, 1.82) is 5.26 Å². The van der Waals surface area contributed by atoms with E-state index in [1.165, 1.54) is 0 Å². The molecule has 0 atom stereocenters. The maximum Gasteiger partial charge on any atom is 0.149 e. The second-order valence-electron chi connectivity index (χ2n) is 10.0. The number of nitrogens with zero attached hydrogens (tertiary/aromatic N) is 3. The number of pyridine rings is 1. The highest BCUT2D eigenvalue weighted by Gasteiger charge is 2.29. The Bertz CT molecular complexity index is 2060. The smallest absolute Gasteiger partial charge is 0.149 e. The molecule has 0 bridgehead atoms. The quantitative estimate of drug-likeness (QED) is 0.197. The van der Waals surface area contributed by atoms with E-state index < -0.39 is 0 Å². The van der Waals surface area contributed by atoms with Gasteiger partial charge in [0.15, 0.2) is 0 Å². The van der Waals surface area contributed by atoms with Crippen molar-refractivity contribution in [1.82, 2.24) is 9.55 Å². The molecule has 0 saturated carbocycles. The maximum atomic E-state index is 10.6. The molecule has 0 aliphatic heterocycles. The summed E-state index contributed by atoms with van der Waals surface area (Å²) in [5.74, 6) is 0. The maximum absolute atomic E-state index is 10.6. The number of benzene rings is 5. The van der Waals surface area contributed by atoms with E-state index >= 15 is 0 Å². The Morgan fingerprint density at radius 3 is 1.48 bits per heavy atom. The van der Waals surface area contributed by atoms with Crippen LogP contribution in [0.1, 0.15) is 5.69 Å². The van der Waals surface area contributed by atoms with E-state index in [9.17, 15) is 5.26 Å². The standard InChI is InChI=1S/C38H24BrN3/c39-30-21-23-31(24-22-30)42-37(28-17-9-3-10-18-28)34-33(26-13-5-1-6-14-26)32(25-40)41-36(27-15-7-2-8-16-27)35(34)38(42)29-19-11-4-12-20-29/h1-24H. The van der Waals surface area contributed by atoms with Gasteiger partial charge in [0.2, 0.25) is 0 Å². The van der Waals surface area contributed by atoms with Gasteiger partial charge in [0.05, 0.1) is 17.1 Å². The number of hydrogen-bond donors (Lipinski definition) is 0. The zero-order valence-corrected chi connectivity index (χ0v) is 24.2. The van der Waals surface area contributed by atoms with Crippen molar-refractivity contribution in [3.05, 3.63) is 156 Å². The summed E-state index contributed by atoms with van der Waals surface area (Å²) >= 11 is 3.63. The second kappa shape index (κ2) is 11.0. The van der Waals surface area contributed by atoms with Crippen LogP contribution in [0.25, 0.3) is 61.4 Å². The fourth-order valence-corrected chi connectivity index (χ4v) is 6.01. The van der Waals surface area contributed by atoms with Gasteiger partial charge in [-0.3, -0.25) is 0 Å². The van der Waals surface area contributed by atoms with Crippen LogP contribution in [-0.4, -0.2) is 9.55 Å². The molecule has 0 radical (unpaired) electrons. The molecule has 2 heterocycles. The molecule has 0 unspecified atom stereocenters. The number of nitriles is 1. The molecule has 0 aliphatic rings. The summed E-state index contributed by atoms with van der Waals surface area (Å²) in [6, 6.07) is 52.1. The fourth-order valence-electron chi connectivity index (χ4n) is 5.75. The van der Waals surface area contributed by atoms with Gasteiger partial charge < -0.3 is 4.57 Å². The summed E-state index contributed by atoms with van der Waals surface area (Å²) in [6.45, 7) is 0. The molecular weight excluding hydrogens is 578 g/mol. The van der Waals surface area contributed by atoms with E-state index in [0.29, 0.717) is 5.69 Å². The predicted molar refractivity (Wildman–Crippen MR) is 175 cm³/mol. The van der Waals surface area contributed by atoms with Crippen molar-refractivity contribution in [2.45, 2.75) is 0 Å². The third kappa shape index (κ3) is 4.41. The highest BCUT2D eigenvalue weighted by atomic mass is 79.9. The molecule has 42 heavy (non-hydrogen) atoms. The van der Waals surface area contributed by atoms with Crippen LogP contribution in [0.2, 0.25) is 0 Å². The monoisotopic (exact) mass is 601 g/mol. The Hall–Kier alpha value is -5.24. The molecule has 0 fully saturated rings. The molecule has 4 heteroatoms. The van der Waals surface area contributed by atoms with E-state index in [0.717, 1.165) is 65.8 Å². The summed E-state index contributed by atoms with van der Waals surface area (Å²) in [6.07, 6.45) is 0. The summed E-state index contributed by atoms with van der Waals surface area (Å²) in [7, 11) is 0. The van der Waals surface area contributed by atoms with Gasteiger partial charge in [0, 0.05) is 32.1 Å². The van der Waals surface area contributed by atoms with Gasteiger partial charge in [0.25, 0.3) is 0 Å². The lowest BCUT2D eigenvalue weighted by Gasteiger charge is -2.15. The Labute approximate surface area is 253 Å². The Balaban J connectivity index is 1.80.